The molecule has 19 heavy (non-hydrogen) atoms. The van der Waals surface area contributed by atoms with Gasteiger partial charge >= 0.3 is 0 Å². The summed E-state index contributed by atoms with van der Waals surface area (Å²) in [5.41, 5.74) is 4.86. The third-order valence-electron chi connectivity index (χ3n) is 3.26. The van der Waals surface area contributed by atoms with Gasteiger partial charge < -0.3 is 16.2 Å². The maximum absolute atomic E-state index is 12.2. The lowest BCUT2D eigenvalue weighted by Gasteiger charge is -2.28. The summed E-state index contributed by atoms with van der Waals surface area (Å²) in [6.07, 6.45) is 1.50. The standard InChI is InChI=1S/C15H24N2O2/c1-4-10-14(2,19)11-17-13(18)15(3,16)12-8-6-5-7-9-12/h5-9,19H,4,10-11,16H2,1-3H3,(H,17,18). The Bertz CT molecular complexity index is 413. The van der Waals surface area contributed by atoms with E-state index in [0.29, 0.717) is 6.42 Å². The summed E-state index contributed by atoms with van der Waals surface area (Å²) in [4.78, 5) is 12.2. The van der Waals surface area contributed by atoms with Gasteiger partial charge in [0, 0.05) is 6.54 Å². The predicted molar refractivity (Wildman–Crippen MR) is 76.5 cm³/mol. The largest absolute Gasteiger partial charge is 0.388 e. The van der Waals surface area contributed by atoms with Crippen LogP contribution in [0.25, 0.3) is 0 Å². The van der Waals surface area contributed by atoms with Crippen molar-refractivity contribution in [3.63, 3.8) is 0 Å². The fourth-order valence-corrected chi connectivity index (χ4v) is 2.00. The minimum atomic E-state index is -1.09. The van der Waals surface area contributed by atoms with Crippen molar-refractivity contribution in [2.24, 2.45) is 5.73 Å². The SMILES string of the molecule is CCCC(C)(O)CNC(=O)C(C)(N)c1ccccc1. The molecule has 4 nitrogen and oxygen atoms in total. The maximum Gasteiger partial charge on any atom is 0.244 e. The summed E-state index contributed by atoms with van der Waals surface area (Å²) >= 11 is 0. The van der Waals surface area contributed by atoms with Crippen LogP contribution >= 0.6 is 0 Å². The van der Waals surface area contributed by atoms with E-state index in [4.69, 9.17) is 5.73 Å². The second-order valence-electron chi connectivity index (χ2n) is 5.50. The quantitative estimate of drug-likeness (QED) is 0.729. The van der Waals surface area contributed by atoms with E-state index in [1.54, 1.807) is 13.8 Å². The third-order valence-corrected chi connectivity index (χ3v) is 3.26. The van der Waals surface area contributed by atoms with Crippen molar-refractivity contribution in [2.45, 2.75) is 44.8 Å². The molecule has 1 aromatic carbocycles. The smallest absolute Gasteiger partial charge is 0.244 e. The molecular weight excluding hydrogens is 240 g/mol. The highest BCUT2D eigenvalue weighted by atomic mass is 16.3. The van der Waals surface area contributed by atoms with E-state index < -0.39 is 11.1 Å². The molecule has 0 saturated carbocycles. The normalized spacial score (nSPS) is 17.3. The first kappa shape index (κ1) is 15.7. The van der Waals surface area contributed by atoms with Crippen LogP contribution in [0.15, 0.2) is 30.3 Å². The molecule has 4 heteroatoms. The minimum Gasteiger partial charge on any atom is -0.388 e. The Hall–Kier alpha value is -1.39. The van der Waals surface area contributed by atoms with Crippen LogP contribution in [0.5, 0.6) is 0 Å². The Morgan fingerprint density at radius 3 is 2.42 bits per heavy atom. The molecule has 1 aromatic rings. The van der Waals surface area contributed by atoms with Crippen molar-refractivity contribution in [1.29, 1.82) is 0 Å². The van der Waals surface area contributed by atoms with Crippen LogP contribution in [0.3, 0.4) is 0 Å². The van der Waals surface area contributed by atoms with Gasteiger partial charge in [0.1, 0.15) is 5.54 Å². The van der Waals surface area contributed by atoms with Crippen LogP contribution < -0.4 is 11.1 Å². The van der Waals surface area contributed by atoms with Gasteiger partial charge in [-0.3, -0.25) is 4.79 Å². The average Bonchev–Trinajstić information content (AvgIpc) is 2.37. The second-order valence-corrected chi connectivity index (χ2v) is 5.50. The van der Waals surface area contributed by atoms with E-state index >= 15 is 0 Å². The number of carbonyl (C=O) groups is 1. The van der Waals surface area contributed by atoms with Crippen molar-refractivity contribution in [3.8, 4) is 0 Å². The number of hydrogen-bond donors (Lipinski definition) is 3. The number of amides is 1. The number of nitrogens with two attached hydrogens (primary N) is 1. The summed E-state index contributed by atoms with van der Waals surface area (Å²) in [6, 6.07) is 9.22. The van der Waals surface area contributed by atoms with Crippen molar-refractivity contribution in [3.05, 3.63) is 35.9 Å². The zero-order valence-electron chi connectivity index (χ0n) is 11.9. The summed E-state index contributed by atoms with van der Waals surface area (Å²) in [7, 11) is 0. The number of nitrogens with one attached hydrogen (secondary N) is 1. The summed E-state index contributed by atoms with van der Waals surface area (Å²) in [6.45, 7) is 5.59. The highest BCUT2D eigenvalue weighted by Crippen LogP contribution is 2.18. The van der Waals surface area contributed by atoms with Gasteiger partial charge in [-0.1, -0.05) is 43.7 Å². The third kappa shape index (κ3) is 4.33. The van der Waals surface area contributed by atoms with E-state index in [2.05, 4.69) is 5.32 Å². The van der Waals surface area contributed by atoms with E-state index in [-0.39, 0.29) is 12.5 Å². The predicted octanol–water partition coefficient (Wildman–Crippen LogP) is 1.53. The van der Waals surface area contributed by atoms with Crippen LogP contribution in [-0.2, 0) is 10.3 Å². The Morgan fingerprint density at radius 2 is 1.89 bits per heavy atom. The van der Waals surface area contributed by atoms with Crippen molar-refractivity contribution >= 4 is 5.91 Å². The monoisotopic (exact) mass is 264 g/mol. The van der Waals surface area contributed by atoms with E-state index in [9.17, 15) is 9.90 Å². The van der Waals surface area contributed by atoms with Crippen LogP contribution in [0.1, 0.15) is 39.2 Å². The van der Waals surface area contributed by atoms with Gasteiger partial charge in [0.15, 0.2) is 0 Å². The van der Waals surface area contributed by atoms with E-state index in [1.165, 1.54) is 0 Å². The first-order valence-electron chi connectivity index (χ1n) is 6.64. The Morgan fingerprint density at radius 1 is 1.32 bits per heavy atom. The number of aliphatic hydroxyl groups is 1. The first-order valence-corrected chi connectivity index (χ1v) is 6.64. The fraction of sp³-hybridized carbons (Fsp3) is 0.533. The molecule has 0 spiro atoms. The molecule has 0 heterocycles. The molecule has 0 bridgehead atoms. The Labute approximate surface area is 115 Å². The van der Waals surface area contributed by atoms with Gasteiger partial charge in [-0.2, -0.15) is 0 Å². The van der Waals surface area contributed by atoms with Crippen molar-refractivity contribution in [2.75, 3.05) is 6.54 Å². The van der Waals surface area contributed by atoms with Gasteiger partial charge in [0.25, 0.3) is 0 Å². The molecule has 1 rings (SSSR count). The summed E-state index contributed by atoms with van der Waals surface area (Å²) < 4.78 is 0. The van der Waals surface area contributed by atoms with Crippen LogP contribution in [-0.4, -0.2) is 23.2 Å². The highest BCUT2D eigenvalue weighted by molar-refractivity contribution is 5.87. The summed E-state index contributed by atoms with van der Waals surface area (Å²) in [5.74, 6) is -0.282. The van der Waals surface area contributed by atoms with Gasteiger partial charge in [0.05, 0.1) is 5.60 Å². The van der Waals surface area contributed by atoms with Crippen LogP contribution in [0.4, 0.5) is 0 Å². The topological polar surface area (TPSA) is 75.3 Å². The molecule has 0 radical (unpaired) electrons. The lowest BCUT2D eigenvalue weighted by molar-refractivity contribution is -0.127. The molecule has 0 saturated heterocycles. The zero-order valence-corrected chi connectivity index (χ0v) is 11.9. The second kappa shape index (κ2) is 6.17. The molecular formula is C15H24N2O2. The molecule has 0 aliphatic carbocycles. The molecule has 0 fully saturated rings. The number of hydrogen-bond acceptors (Lipinski definition) is 3. The molecule has 2 unspecified atom stereocenters. The van der Waals surface area contributed by atoms with Crippen LogP contribution in [0.2, 0.25) is 0 Å². The molecule has 106 valence electrons. The maximum atomic E-state index is 12.2. The lowest BCUT2D eigenvalue weighted by Crippen LogP contribution is -2.52. The van der Waals surface area contributed by atoms with Crippen molar-refractivity contribution < 1.29 is 9.90 Å². The zero-order chi connectivity index (χ0) is 14.5. The van der Waals surface area contributed by atoms with Gasteiger partial charge in [-0.25, -0.2) is 0 Å². The van der Waals surface area contributed by atoms with Gasteiger partial charge in [0.2, 0.25) is 5.91 Å². The number of benzene rings is 1. The summed E-state index contributed by atoms with van der Waals surface area (Å²) in [5, 5.41) is 12.8. The Balaban J connectivity index is 2.68. The molecule has 0 aliphatic rings. The molecule has 0 aromatic heterocycles. The molecule has 1 amide bonds. The van der Waals surface area contributed by atoms with E-state index in [0.717, 1.165) is 12.0 Å². The van der Waals surface area contributed by atoms with Crippen LogP contribution in [0, 0.1) is 0 Å². The van der Waals surface area contributed by atoms with E-state index in [1.807, 2.05) is 37.3 Å². The molecule has 4 N–H and O–H groups in total. The fourth-order valence-electron chi connectivity index (χ4n) is 2.00. The van der Waals surface area contributed by atoms with Gasteiger partial charge in [-0.05, 0) is 25.8 Å². The lowest BCUT2D eigenvalue weighted by atomic mass is 9.91. The molecule has 2 atom stereocenters. The first-order chi connectivity index (χ1) is 8.79. The molecule has 0 aliphatic heterocycles. The number of rotatable bonds is 6. The van der Waals surface area contributed by atoms with Gasteiger partial charge in [-0.15, -0.1) is 0 Å². The van der Waals surface area contributed by atoms with Crippen molar-refractivity contribution in [1.82, 2.24) is 5.32 Å². The average molecular weight is 264 g/mol. The minimum absolute atomic E-state index is 0.208. The number of carbonyl (C=O) groups excluding carboxylic acids is 1. The highest BCUT2D eigenvalue weighted by Gasteiger charge is 2.31. The Kier molecular flexibility index (Phi) is 5.09.